The standard InChI is InChI=1S/C12H16FN3O4/c13-10-8-9(16(18)19)5-6-11(10)20-7-3-1-2-4-12(17)15-14/h5-6,8H,1-4,7,14H2,(H,15,17). The number of carbonyl (C=O) groups excluding carboxylic acids is 1. The lowest BCUT2D eigenvalue weighted by atomic mass is 10.2. The van der Waals surface area contributed by atoms with Crippen molar-refractivity contribution in [1.29, 1.82) is 0 Å². The largest absolute Gasteiger partial charge is 0.491 e. The molecule has 0 heterocycles. The molecule has 1 amide bonds. The Kier molecular flexibility index (Phi) is 6.38. The zero-order valence-corrected chi connectivity index (χ0v) is 10.8. The van der Waals surface area contributed by atoms with E-state index in [1.165, 1.54) is 12.1 Å². The molecule has 0 bridgehead atoms. The maximum absolute atomic E-state index is 13.4. The molecule has 0 aliphatic carbocycles. The second-order valence-electron chi connectivity index (χ2n) is 4.10. The number of benzene rings is 1. The molecule has 0 unspecified atom stereocenters. The van der Waals surface area contributed by atoms with Gasteiger partial charge < -0.3 is 4.74 Å². The molecule has 0 radical (unpaired) electrons. The molecule has 0 saturated carbocycles. The van der Waals surface area contributed by atoms with Crippen molar-refractivity contribution < 1.29 is 18.8 Å². The maximum Gasteiger partial charge on any atom is 0.272 e. The third-order valence-corrected chi connectivity index (χ3v) is 2.59. The fourth-order valence-electron chi connectivity index (χ4n) is 1.54. The first-order valence-corrected chi connectivity index (χ1v) is 6.10. The highest BCUT2D eigenvalue weighted by atomic mass is 19.1. The van der Waals surface area contributed by atoms with Crippen LogP contribution < -0.4 is 16.0 Å². The number of nitro groups is 1. The molecule has 1 aromatic carbocycles. The van der Waals surface area contributed by atoms with Gasteiger partial charge >= 0.3 is 0 Å². The number of rotatable bonds is 8. The minimum atomic E-state index is -0.762. The first-order valence-electron chi connectivity index (χ1n) is 6.10. The highest BCUT2D eigenvalue weighted by Gasteiger charge is 2.11. The molecule has 3 N–H and O–H groups in total. The monoisotopic (exact) mass is 285 g/mol. The Labute approximate surface area is 115 Å². The van der Waals surface area contributed by atoms with Crippen molar-refractivity contribution in [3.63, 3.8) is 0 Å². The topological polar surface area (TPSA) is 107 Å². The zero-order chi connectivity index (χ0) is 15.0. The van der Waals surface area contributed by atoms with Crippen molar-refractivity contribution in [2.75, 3.05) is 6.61 Å². The fourth-order valence-corrected chi connectivity index (χ4v) is 1.54. The molecule has 0 aromatic heterocycles. The van der Waals surface area contributed by atoms with Gasteiger partial charge in [0.15, 0.2) is 11.6 Å². The Balaban J connectivity index is 2.29. The van der Waals surface area contributed by atoms with Crippen LogP contribution in [-0.4, -0.2) is 17.4 Å². The summed E-state index contributed by atoms with van der Waals surface area (Å²) in [7, 11) is 0. The number of nitro benzene ring substituents is 1. The van der Waals surface area contributed by atoms with E-state index in [0.717, 1.165) is 12.5 Å². The summed E-state index contributed by atoms with van der Waals surface area (Å²) < 4.78 is 18.6. The van der Waals surface area contributed by atoms with E-state index < -0.39 is 10.7 Å². The minimum Gasteiger partial charge on any atom is -0.491 e. The predicted octanol–water partition coefficient (Wildman–Crippen LogP) is 1.66. The molecule has 7 nitrogen and oxygen atoms in total. The lowest BCUT2D eigenvalue weighted by molar-refractivity contribution is -0.385. The van der Waals surface area contributed by atoms with E-state index >= 15 is 0 Å². The second-order valence-corrected chi connectivity index (χ2v) is 4.10. The van der Waals surface area contributed by atoms with Gasteiger partial charge in [0.25, 0.3) is 5.69 Å². The van der Waals surface area contributed by atoms with E-state index in [9.17, 15) is 19.3 Å². The van der Waals surface area contributed by atoms with Crippen LogP contribution in [0, 0.1) is 15.9 Å². The number of amides is 1. The average Bonchev–Trinajstić information content (AvgIpc) is 2.43. The number of hydrazine groups is 1. The van der Waals surface area contributed by atoms with Crippen molar-refractivity contribution >= 4 is 11.6 Å². The molecule has 0 atom stereocenters. The smallest absolute Gasteiger partial charge is 0.272 e. The van der Waals surface area contributed by atoms with Crippen LogP contribution in [-0.2, 0) is 4.79 Å². The number of carbonyl (C=O) groups is 1. The van der Waals surface area contributed by atoms with Gasteiger partial charge in [-0.25, -0.2) is 10.2 Å². The van der Waals surface area contributed by atoms with Gasteiger partial charge in [-0.05, 0) is 25.3 Å². The van der Waals surface area contributed by atoms with Crippen LogP contribution in [0.25, 0.3) is 0 Å². The van der Waals surface area contributed by atoms with Gasteiger partial charge in [-0.15, -0.1) is 0 Å². The summed E-state index contributed by atoms with van der Waals surface area (Å²) >= 11 is 0. The quantitative estimate of drug-likeness (QED) is 0.248. The van der Waals surface area contributed by atoms with E-state index in [1.807, 2.05) is 5.43 Å². The number of halogens is 1. The lowest BCUT2D eigenvalue weighted by Gasteiger charge is -2.06. The van der Waals surface area contributed by atoms with Crippen molar-refractivity contribution in [1.82, 2.24) is 5.43 Å². The number of nitrogens with two attached hydrogens (primary N) is 1. The summed E-state index contributed by atoms with van der Waals surface area (Å²) in [5.74, 6) is 3.92. The Morgan fingerprint density at radius 3 is 2.75 bits per heavy atom. The number of non-ortho nitro benzene ring substituents is 1. The number of nitrogens with zero attached hydrogens (tertiary/aromatic N) is 1. The summed E-state index contributed by atoms with van der Waals surface area (Å²) in [6.45, 7) is 0.277. The molecule has 0 aliphatic rings. The maximum atomic E-state index is 13.4. The molecular formula is C12H16FN3O4. The van der Waals surface area contributed by atoms with E-state index in [2.05, 4.69) is 0 Å². The van der Waals surface area contributed by atoms with Gasteiger partial charge in [-0.3, -0.25) is 20.3 Å². The van der Waals surface area contributed by atoms with Crippen molar-refractivity contribution in [2.45, 2.75) is 25.7 Å². The average molecular weight is 285 g/mol. The van der Waals surface area contributed by atoms with Gasteiger partial charge in [-0.1, -0.05) is 0 Å². The summed E-state index contributed by atoms with van der Waals surface area (Å²) in [6, 6.07) is 3.24. The molecule has 0 saturated heterocycles. The highest BCUT2D eigenvalue weighted by Crippen LogP contribution is 2.22. The van der Waals surface area contributed by atoms with Gasteiger partial charge in [0.2, 0.25) is 5.91 Å². The van der Waals surface area contributed by atoms with Gasteiger partial charge in [0.05, 0.1) is 17.6 Å². The highest BCUT2D eigenvalue weighted by molar-refractivity contribution is 5.75. The Hall–Kier alpha value is -2.22. The number of nitrogens with one attached hydrogen (secondary N) is 1. The SMILES string of the molecule is NNC(=O)CCCCCOc1ccc([N+](=O)[O-])cc1F. The van der Waals surface area contributed by atoms with E-state index in [-0.39, 0.29) is 24.0 Å². The molecule has 0 spiro atoms. The predicted molar refractivity (Wildman–Crippen MR) is 69.3 cm³/mol. The van der Waals surface area contributed by atoms with E-state index in [0.29, 0.717) is 19.3 Å². The van der Waals surface area contributed by atoms with Gasteiger partial charge in [0.1, 0.15) is 0 Å². The summed E-state index contributed by atoms with van der Waals surface area (Å²) in [6.07, 6.45) is 2.38. The van der Waals surface area contributed by atoms with Crippen LogP contribution >= 0.6 is 0 Å². The van der Waals surface area contributed by atoms with Crippen molar-refractivity contribution in [3.05, 3.63) is 34.1 Å². The fraction of sp³-hybridized carbons (Fsp3) is 0.417. The Morgan fingerprint density at radius 1 is 1.40 bits per heavy atom. The minimum absolute atomic E-state index is 0.0182. The van der Waals surface area contributed by atoms with Crippen molar-refractivity contribution in [2.24, 2.45) is 5.84 Å². The lowest BCUT2D eigenvalue weighted by Crippen LogP contribution is -2.29. The van der Waals surface area contributed by atoms with Crippen LogP contribution in [0.3, 0.4) is 0 Å². The first kappa shape index (κ1) is 15.8. The van der Waals surface area contributed by atoms with E-state index in [1.54, 1.807) is 0 Å². The molecule has 0 fully saturated rings. The van der Waals surface area contributed by atoms with Crippen molar-refractivity contribution in [3.8, 4) is 5.75 Å². The van der Waals surface area contributed by atoms with Crippen LogP contribution in [0.5, 0.6) is 5.75 Å². The Bertz CT molecular complexity index is 482. The molecule has 110 valence electrons. The number of unbranched alkanes of at least 4 members (excludes halogenated alkanes) is 2. The first-order chi connectivity index (χ1) is 9.54. The van der Waals surface area contributed by atoms with Crippen LogP contribution in [0.1, 0.15) is 25.7 Å². The Morgan fingerprint density at radius 2 is 2.15 bits per heavy atom. The zero-order valence-electron chi connectivity index (χ0n) is 10.8. The molecular weight excluding hydrogens is 269 g/mol. The van der Waals surface area contributed by atoms with E-state index in [4.69, 9.17) is 10.6 Å². The van der Waals surface area contributed by atoms with Crippen LogP contribution in [0.2, 0.25) is 0 Å². The summed E-state index contributed by atoms with van der Waals surface area (Å²) in [5, 5.41) is 10.4. The number of hydrogen-bond donors (Lipinski definition) is 2. The summed E-state index contributed by atoms with van der Waals surface area (Å²) in [4.78, 5) is 20.6. The summed E-state index contributed by atoms with van der Waals surface area (Å²) in [5.41, 5.74) is 1.71. The van der Waals surface area contributed by atoms with Crippen LogP contribution in [0.15, 0.2) is 18.2 Å². The third-order valence-electron chi connectivity index (χ3n) is 2.59. The van der Waals surface area contributed by atoms with Gasteiger partial charge in [0, 0.05) is 12.5 Å². The molecule has 20 heavy (non-hydrogen) atoms. The molecule has 8 heteroatoms. The van der Waals surface area contributed by atoms with Crippen LogP contribution in [0.4, 0.5) is 10.1 Å². The third kappa shape index (κ3) is 5.19. The number of hydrogen-bond acceptors (Lipinski definition) is 5. The second kappa shape index (κ2) is 8.05. The normalized spacial score (nSPS) is 10.1. The molecule has 1 aromatic rings. The number of ether oxygens (including phenoxy) is 1. The molecule has 1 rings (SSSR count). The molecule has 0 aliphatic heterocycles. The van der Waals surface area contributed by atoms with Gasteiger partial charge in [-0.2, -0.15) is 0 Å².